The van der Waals surface area contributed by atoms with Gasteiger partial charge >= 0.3 is 0 Å². The summed E-state index contributed by atoms with van der Waals surface area (Å²) in [7, 11) is 0. The van der Waals surface area contributed by atoms with E-state index in [0.717, 1.165) is 47.7 Å². The Hall–Kier alpha value is -3.15. The molecular formula is C20H21N5O. The van der Waals surface area contributed by atoms with E-state index >= 15 is 0 Å². The average molecular weight is 347 g/mol. The number of pyridine rings is 1. The van der Waals surface area contributed by atoms with Crippen LogP contribution in [0.2, 0.25) is 0 Å². The first-order valence-corrected chi connectivity index (χ1v) is 8.80. The van der Waals surface area contributed by atoms with E-state index < -0.39 is 0 Å². The van der Waals surface area contributed by atoms with Crippen LogP contribution >= 0.6 is 0 Å². The predicted molar refractivity (Wildman–Crippen MR) is 101 cm³/mol. The quantitative estimate of drug-likeness (QED) is 0.673. The van der Waals surface area contributed by atoms with Gasteiger partial charge in [-0.25, -0.2) is 0 Å². The van der Waals surface area contributed by atoms with Crippen LogP contribution in [0.4, 0.5) is 17.1 Å². The Balaban J connectivity index is 1.38. The number of H-pyrrole nitrogens is 1. The fourth-order valence-corrected chi connectivity index (χ4v) is 3.35. The first-order chi connectivity index (χ1) is 12.7. The van der Waals surface area contributed by atoms with Crippen LogP contribution in [0.25, 0.3) is 0 Å². The molecule has 132 valence electrons. The summed E-state index contributed by atoms with van der Waals surface area (Å²) in [5.41, 5.74) is 6.14. The number of nitrogens with one attached hydrogen (secondary N) is 3. The van der Waals surface area contributed by atoms with Gasteiger partial charge in [-0.3, -0.25) is 14.9 Å². The predicted octanol–water partition coefficient (Wildman–Crippen LogP) is 3.60. The van der Waals surface area contributed by atoms with Crippen LogP contribution in [0.15, 0.2) is 48.8 Å². The number of aromatic amines is 1. The minimum absolute atomic E-state index is 0.00609. The molecule has 0 saturated heterocycles. The van der Waals surface area contributed by atoms with Crippen molar-refractivity contribution in [3.05, 3.63) is 65.7 Å². The molecule has 1 aliphatic rings. The number of benzene rings is 1. The first-order valence-electron chi connectivity index (χ1n) is 8.80. The van der Waals surface area contributed by atoms with Crippen LogP contribution in [0.1, 0.15) is 23.4 Å². The van der Waals surface area contributed by atoms with Crippen LogP contribution in [0, 0.1) is 12.8 Å². The summed E-state index contributed by atoms with van der Waals surface area (Å²) >= 11 is 0. The summed E-state index contributed by atoms with van der Waals surface area (Å²) in [6.07, 6.45) is 5.94. The summed E-state index contributed by atoms with van der Waals surface area (Å²) in [5, 5.41) is 13.7. The molecule has 1 atom stereocenters. The van der Waals surface area contributed by atoms with E-state index in [0.29, 0.717) is 0 Å². The minimum Gasteiger partial charge on any atom is -0.355 e. The Morgan fingerprint density at radius 2 is 1.77 bits per heavy atom. The van der Waals surface area contributed by atoms with E-state index in [1.807, 2.05) is 43.3 Å². The topological polar surface area (TPSA) is 82.7 Å². The number of fused-ring (bicyclic) bond motifs is 1. The molecule has 0 radical (unpaired) electrons. The van der Waals surface area contributed by atoms with Crippen molar-refractivity contribution >= 4 is 23.0 Å². The maximum Gasteiger partial charge on any atom is 0.227 e. The van der Waals surface area contributed by atoms with Crippen LogP contribution in [-0.4, -0.2) is 21.1 Å². The number of hydrogen-bond donors (Lipinski definition) is 3. The highest BCUT2D eigenvalue weighted by Gasteiger charge is 2.27. The summed E-state index contributed by atoms with van der Waals surface area (Å²) in [5.74, 6) is 0.0690. The number of carbonyl (C=O) groups excluding carboxylic acids is 1. The Labute approximate surface area is 152 Å². The lowest BCUT2D eigenvalue weighted by Crippen LogP contribution is -2.28. The lowest BCUT2D eigenvalue weighted by Gasteiger charge is -2.21. The van der Waals surface area contributed by atoms with Gasteiger partial charge in [-0.2, -0.15) is 5.10 Å². The van der Waals surface area contributed by atoms with E-state index in [1.165, 1.54) is 5.56 Å². The third-order valence-corrected chi connectivity index (χ3v) is 4.83. The molecule has 3 aromatic rings. The second-order valence-electron chi connectivity index (χ2n) is 6.64. The van der Waals surface area contributed by atoms with Gasteiger partial charge in [-0.15, -0.1) is 0 Å². The highest BCUT2D eigenvalue weighted by molar-refractivity contribution is 5.93. The van der Waals surface area contributed by atoms with Gasteiger partial charge in [0, 0.05) is 41.1 Å². The molecule has 1 unspecified atom stereocenters. The molecule has 1 aromatic carbocycles. The maximum atomic E-state index is 12.6. The van der Waals surface area contributed by atoms with Gasteiger partial charge in [0.15, 0.2) is 0 Å². The molecule has 2 heterocycles. The molecule has 0 fully saturated rings. The van der Waals surface area contributed by atoms with Crippen molar-refractivity contribution in [2.24, 2.45) is 5.92 Å². The van der Waals surface area contributed by atoms with E-state index in [-0.39, 0.29) is 11.8 Å². The van der Waals surface area contributed by atoms with Gasteiger partial charge in [0.05, 0.1) is 5.69 Å². The number of aryl methyl sites for hydroxylation is 2. The number of carbonyl (C=O) groups is 1. The SMILES string of the molecule is Cc1[nH]nc2c1CC(C(=O)Nc1ccc(Nc3ccncc3)cc1)CC2. The molecule has 6 nitrogen and oxygen atoms in total. The zero-order valence-electron chi connectivity index (χ0n) is 14.6. The van der Waals surface area contributed by atoms with Crippen LogP contribution in [0.3, 0.4) is 0 Å². The van der Waals surface area contributed by atoms with Gasteiger partial charge in [-0.05, 0) is 68.1 Å². The number of aromatic nitrogens is 3. The average Bonchev–Trinajstić information content (AvgIpc) is 3.04. The molecular weight excluding hydrogens is 326 g/mol. The largest absolute Gasteiger partial charge is 0.355 e. The van der Waals surface area contributed by atoms with E-state index in [4.69, 9.17) is 0 Å². The van der Waals surface area contributed by atoms with Gasteiger partial charge in [0.2, 0.25) is 5.91 Å². The maximum absolute atomic E-state index is 12.6. The molecule has 26 heavy (non-hydrogen) atoms. The zero-order valence-corrected chi connectivity index (χ0v) is 14.6. The molecule has 0 spiro atoms. The first kappa shape index (κ1) is 16.3. The second kappa shape index (κ2) is 7.00. The van der Waals surface area contributed by atoms with Crippen molar-refractivity contribution in [1.29, 1.82) is 0 Å². The fourth-order valence-electron chi connectivity index (χ4n) is 3.35. The number of anilines is 3. The van der Waals surface area contributed by atoms with Crippen molar-refractivity contribution in [3.63, 3.8) is 0 Å². The lowest BCUT2D eigenvalue weighted by atomic mass is 9.86. The van der Waals surface area contributed by atoms with Crippen molar-refractivity contribution in [1.82, 2.24) is 15.2 Å². The zero-order chi connectivity index (χ0) is 17.9. The molecule has 0 saturated carbocycles. The van der Waals surface area contributed by atoms with Crippen molar-refractivity contribution in [3.8, 4) is 0 Å². The van der Waals surface area contributed by atoms with Crippen LogP contribution in [0.5, 0.6) is 0 Å². The fraction of sp³-hybridized carbons (Fsp3) is 0.250. The normalized spacial score (nSPS) is 16.0. The Morgan fingerprint density at radius 3 is 2.54 bits per heavy atom. The van der Waals surface area contributed by atoms with Gasteiger partial charge in [0.1, 0.15) is 0 Å². The van der Waals surface area contributed by atoms with Crippen LogP contribution in [-0.2, 0) is 17.6 Å². The molecule has 3 N–H and O–H groups in total. The third kappa shape index (κ3) is 3.44. The lowest BCUT2D eigenvalue weighted by molar-refractivity contribution is -0.120. The highest BCUT2D eigenvalue weighted by atomic mass is 16.1. The minimum atomic E-state index is -0.00609. The van der Waals surface area contributed by atoms with Crippen molar-refractivity contribution in [2.75, 3.05) is 10.6 Å². The van der Waals surface area contributed by atoms with Gasteiger partial charge in [-0.1, -0.05) is 0 Å². The summed E-state index contributed by atoms with van der Waals surface area (Å²) in [6, 6.07) is 11.6. The number of hydrogen-bond acceptors (Lipinski definition) is 4. The Bertz CT molecular complexity index is 902. The smallest absolute Gasteiger partial charge is 0.227 e. The number of rotatable bonds is 4. The molecule has 1 aliphatic carbocycles. The van der Waals surface area contributed by atoms with Crippen molar-refractivity contribution in [2.45, 2.75) is 26.2 Å². The number of amides is 1. The van der Waals surface area contributed by atoms with Crippen molar-refractivity contribution < 1.29 is 4.79 Å². The molecule has 4 rings (SSSR count). The van der Waals surface area contributed by atoms with Gasteiger partial charge < -0.3 is 10.6 Å². The Kier molecular flexibility index (Phi) is 4.39. The van der Waals surface area contributed by atoms with Gasteiger partial charge in [0.25, 0.3) is 0 Å². The second-order valence-corrected chi connectivity index (χ2v) is 6.64. The van der Waals surface area contributed by atoms with E-state index in [9.17, 15) is 4.79 Å². The number of nitrogens with zero attached hydrogens (tertiary/aromatic N) is 2. The highest BCUT2D eigenvalue weighted by Crippen LogP contribution is 2.27. The third-order valence-electron chi connectivity index (χ3n) is 4.83. The molecule has 1 amide bonds. The van der Waals surface area contributed by atoms with E-state index in [1.54, 1.807) is 12.4 Å². The molecule has 2 aromatic heterocycles. The summed E-state index contributed by atoms with van der Waals surface area (Å²) in [6.45, 7) is 2.01. The molecule has 6 heteroatoms. The standard InChI is InChI=1S/C20H21N5O/c1-13-18-12-14(2-7-19(18)25-24-13)20(26)23-16-5-3-15(4-6-16)22-17-8-10-21-11-9-17/h3-6,8-11,14H,2,7,12H2,1H3,(H,21,22)(H,23,26)(H,24,25). The Morgan fingerprint density at radius 1 is 1.08 bits per heavy atom. The van der Waals surface area contributed by atoms with Crippen LogP contribution < -0.4 is 10.6 Å². The summed E-state index contributed by atoms with van der Waals surface area (Å²) < 4.78 is 0. The summed E-state index contributed by atoms with van der Waals surface area (Å²) in [4.78, 5) is 16.6. The monoisotopic (exact) mass is 347 g/mol. The van der Waals surface area contributed by atoms with E-state index in [2.05, 4.69) is 25.8 Å². The molecule has 0 aliphatic heterocycles. The molecule has 0 bridgehead atoms.